The summed E-state index contributed by atoms with van der Waals surface area (Å²) in [4.78, 5) is 7.22. The fourth-order valence-electron chi connectivity index (χ4n) is 4.80. The van der Waals surface area contributed by atoms with Gasteiger partial charge in [-0.25, -0.2) is 0 Å². The third kappa shape index (κ3) is 8.09. The van der Waals surface area contributed by atoms with Crippen LogP contribution >= 0.6 is 15.9 Å². The first-order chi connectivity index (χ1) is 17.9. The second kappa shape index (κ2) is 13.1. The summed E-state index contributed by atoms with van der Waals surface area (Å²) < 4.78 is 1.10. The van der Waals surface area contributed by atoms with E-state index in [1.165, 1.54) is 59.6 Å². The fraction of sp³-hybridized carbons (Fsp3) is 0.355. The van der Waals surface area contributed by atoms with Gasteiger partial charge in [0.15, 0.2) is 0 Å². The van der Waals surface area contributed by atoms with Gasteiger partial charge >= 0.3 is 0 Å². The third-order valence-corrected chi connectivity index (χ3v) is 7.62. The van der Waals surface area contributed by atoms with E-state index < -0.39 is 0 Å². The molecule has 0 radical (unpaired) electrons. The molecule has 4 N–H and O–H groups in total. The summed E-state index contributed by atoms with van der Waals surface area (Å²) in [5.74, 6) is 0. The lowest BCUT2D eigenvalue weighted by molar-refractivity contribution is 0.277. The number of nitrogens with two attached hydrogens (primary N) is 2. The number of rotatable bonds is 1. The van der Waals surface area contributed by atoms with Gasteiger partial charge in [-0.15, -0.1) is 0 Å². The van der Waals surface area contributed by atoms with Crippen LogP contribution in [0.1, 0.15) is 19.3 Å². The fourth-order valence-corrected chi connectivity index (χ4v) is 5.18. The van der Waals surface area contributed by atoms with Crippen molar-refractivity contribution < 1.29 is 0 Å². The van der Waals surface area contributed by atoms with Crippen LogP contribution in [-0.4, -0.2) is 63.2 Å². The van der Waals surface area contributed by atoms with Crippen molar-refractivity contribution in [2.24, 2.45) is 0 Å². The molecule has 0 aromatic heterocycles. The number of benzene rings is 4. The average Bonchev–Trinajstić information content (AvgIpc) is 2.90. The Morgan fingerprint density at radius 3 is 1.59 bits per heavy atom. The zero-order valence-electron chi connectivity index (χ0n) is 22.2. The quantitative estimate of drug-likeness (QED) is 0.261. The molecule has 0 spiro atoms. The van der Waals surface area contributed by atoms with Gasteiger partial charge in [0, 0.05) is 47.7 Å². The number of hydrogen-bond acceptors (Lipinski definition) is 5. The highest BCUT2D eigenvalue weighted by Gasteiger charge is 2.14. The summed E-state index contributed by atoms with van der Waals surface area (Å²) in [6, 6.07) is 24.8. The number of anilines is 3. The molecule has 196 valence electrons. The maximum absolute atomic E-state index is 5.80. The number of likely N-dealkylation sites (tertiary alicyclic amines) is 1. The first-order valence-electron chi connectivity index (χ1n) is 13.2. The largest absolute Gasteiger partial charge is 0.399 e. The Hall–Kier alpha value is -2.80. The SMILES string of the molecule is CN1CCCCC1.CN1CCN(c2ccc3cc(N)ccc3c2)CC1.Nc1ccc2cc(Br)ccc2c1. The van der Waals surface area contributed by atoms with Crippen molar-refractivity contribution in [3.8, 4) is 0 Å². The van der Waals surface area contributed by atoms with E-state index in [1.807, 2.05) is 36.4 Å². The number of nitrogens with zero attached hydrogens (tertiary/aromatic N) is 3. The second-order valence-electron chi connectivity index (χ2n) is 10.2. The number of piperazine rings is 1. The number of piperidine rings is 1. The van der Waals surface area contributed by atoms with E-state index in [2.05, 4.69) is 81.1 Å². The van der Waals surface area contributed by atoms with Gasteiger partial charge in [-0.05, 0) is 110 Å². The molecule has 4 aromatic carbocycles. The zero-order valence-corrected chi connectivity index (χ0v) is 23.8. The molecule has 0 unspecified atom stereocenters. The highest BCUT2D eigenvalue weighted by Crippen LogP contribution is 2.25. The standard InChI is InChI=1S/C15H19N3.C10H8BrN.C6H13N/c1-17-6-8-18(9-7-17)15-5-3-12-10-14(16)4-2-13(12)11-15;11-9-3-1-8-6-10(12)4-2-7(8)5-9;1-7-5-3-2-4-6-7/h2-5,10-11H,6-9,16H2,1H3;1-6H,12H2;2-6H2,1H3. The van der Waals surface area contributed by atoms with E-state index in [1.54, 1.807) is 0 Å². The summed E-state index contributed by atoms with van der Waals surface area (Å²) >= 11 is 3.42. The van der Waals surface area contributed by atoms with Gasteiger partial charge in [0.25, 0.3) is 0 Å². The minimum Gasteiger partial charge on any atom is -0.399 e. The van der Waals surface area contributed by atoms with Crippen LogP contribution in [0.15, 0.2) is 77.3 Å². The molecule has 2 fully saturated rings. The molecule has 4 aromatic rings. The zero-order chi connectivity index (χ0) is 26.2. The minimum absolute atomic E-state index is 0.810. The second-order valence-corrected chi connectivity index (χ2v) is 11.1. The van der Waals surface area contributed by atoms with Crippen molar-refractivity contribution >= 4 is 54.5 Å². The normalized spacial score (nSPS) is 16.6. The monoisotopic (exact) mass is 561 g/mol. The predicted molar refractivity (Wildman–Crippen MR) is 165 cm³/mol. The van der Waals surface area contributed by atoms with E-state index in [0.717, 1.165) is 42.0 Å². The summed E-state index contributed by atoms with van der Waals surface area (Å²) in [5, 5.41) is 4.87. The molecule has 6 rings (SSSR count). The van der Waals surface area contributed by atoms with E-state index in [0.29, 0.717) is 0 Å². The molecule has 5 nitrogen and oxygen atoms in total. The van der Waals surface area contributed by atoms with Crippen LogP contribution in [0.25, 0.3) is 21.5 Å². The Labute approximate surface area is 230 Å². The molecule has 0 bridgehead atoms. The van der Waals surface area contributed by atoms with Crippen LogP contribution < -0.4 is 16.4 Å². The molecule has 6 heteroatoms. The van der Waals surface area contributed by atoms with E-state index in [4.69, 9.17) is 11.5 Å². The molecule has 37 heavy (non-hydrogen) atoms. The van der Waals surface area contributed by atoms with Gasteiger partial charge < -0.3 is 26.2 Å². The molecule has 0 saturated carbocycles. The van der Waals surface area contributed by atoms with E-state index in [-0.39, 0.29) is 0 Å². The first-order valence-corrected chi connectivity index (χ1v) is 14.0. The summed E-state index contributed by atoms with van der Waals surface area (Å²) in [6.07, 6.45) is 4.28. The maximum atomic E-state index is 5.80. The van der Waals surface area contributed by atoms with Crippen LogP contribution in [0.3, 0.4) is 0 Å². The lowest BCUT2D eigenvalue weighted by Gasteiger charge is -2.34. The van der Waals surface area contributed by atoms with Gasteiger partial charge in [0.05, 0.1) is 0 Å². The highest BCUT2D eigenvalue weighted by atomic mass is 79.9. The minimum atomic E-state index is 0.810. The predicted octanol–water partition coefficient (Wildman–Crippen LogP) is 6.46. The summed E-state index contributed by atoms with van der Waals surface area (Å²) in [7, 11) is 4.37. The number of fused-ring (bicyclic) bond motifs is 2. The van der Waals surface area contributed by atoms with Crippen molar-refractivity contribution in [1.82, 2.24) is 9.80 Å². The van der Waals surface area contributed by atoms with Crippen molar-refractivity contribution in [2.75, 3.05) is 69.7 Å². The molecular formula is C31H40BrN5. The number of hydrogen-bond donors (Lipinski definition) is 2. The maximum Gasteiger partial charge on any atom is 0.0373 e. The Morgan fingerprint density at radius 1 is 0.541 bits per heavy atom. The number of likely N-dealkylation sites (N-methyl/N-ethyl adjacent to an activating group) is 1. The van der Waals surface area contributed by atoms with Gasteiger partial charge in [0.1, 0.15) is 0 Å². The van der Waals surface area contributed by atoms with Crippen LogP contribution in [0.4, 0.5) is 17.1 Å². The molecule has 0 amide bonds. The number of halogens is 1. The lowest BCUT2D eigenvalue weighted by atomic mass is 10.1. The molecule has 2 saturated heterocycles. The molecule has 0 atom stereocenters. The van der Waals surface area contributed by atoms with E-state index >= 15 is 0 Å². The third-order valence-electron chi connectivity index (χ3n) is 7.12. The van der Waals surface area contributed by atoms with Crippen LogP contribution in [0.2, 0.25) is 0 Å². The smallest absolute Gasteiger partial charge is 0.0373 e. The van der Waals surface area contributed by atoms with Crippen LogP contribution in [0, 0.1) is 0 Å². The van der Waals surface area contributed by atoms with Crippen LogP contribution in [-0.2, 0) is 0 Å². The Kier molecular flexibility index (Phi) is 9.67. The van der Waals surface area contributed by atoms with Gasteiger partial charge in [-0.3, -0.25) is 0 Å². The Balaban J connectivity index is 0.000000144. The Morgan fingerprint density at radius 2 is 1.03 bits per heavy atom. The topological polar surface area (TPSA) is 61.8 Å². The molecular weight excluding hydrogens is 522 g/mol. The van der Waals surface area contributed by atoms with Gasteiger partial charge in [-0.2, -0.15) is 0 Å². The van der Waals surface area contributed by atoms with Crippen molar-refractivity contribution in [3.05, 3.63) is 77.3 Å². The van der Waals surface area contributed by atoms with Gasteiger partial charge in [-0.1, -0.05) is 46.6 Å². The average molecular weight is 563 g/mol. The molecule has 2 heterocycles. The van der Waals surface area contributed by atoms with E-state index in [9.17, 15) is 0 Å². The van der Waals surface area contributed by atoms with Crippen molar-refractivity contribution in [3.63, 3.8) is 0 Å². The molecule has 2 aliphatic heterocycles. The number of nitrogen functional groups attached to an aromatic ring is 2. The van der Waals surface area contributed by atoms with Crippen LogP contribution in [0.5, 0.6) is 0 Å². The van der Waals surface area contributed by atoms with Crippen molar-refractivity contribution in [1.29, 1.82) is 0 Å². The summed E-state index contributed by atoms with van der Waals surface area (Å²) in [5.41, 5.74) is 14.4. The first kappa shape index (κ1) is 27.2. The summed E-state index contributed by atoms with van der Waals surface area (Å²) in [6.45, 7) is 7.13. The highest BCUT2D eigenvalue weighted by molar-refractivity contribution is 9.10. The molecule has 2 aliphatic rings. The molecule has 0 aliphatic carbocycles. The van der Waals surface area contributed by atoms with Crippen molar-refractivity contribution in [2.45, 2.75) is 19.3 Å². The van der Waals surface area contributed by atoms with Gasteiger partial charge in [0.2, 0.25) is 0 Å². The lowest BCUT2D eigenvalue weighted by Crippen LogP contribution is -2.44. The Bertz CT molecular complexity index is 1250.